The summed E-state index contributed by atoms with van der Waals surface area (Å²) in [4.78, 5) is 0.524. The Bertz CT molecular complexity index is 1230. The van der Waals surface area contributed by atoms with Crippen LogP contribution in [0, 0.1) is 25.7 Å². The molecule has 0 saturated carbocycles. The lowest BCUT2D eigenvalue weighted by molar-refractivity contribution is 0.201. The SMILES string of the molecule is Cc1ccc(S(=O)(=O)N2CC=CC3CN(S(=O)(=O)c4ccc(C)cc4)C(C)(C)C3C2)cc1. The van der Waals surface area contributed by atoms with E-state index in [0.29, 0.717) is 6.54 Å². The van der Waals surface area contributed by atoms with Gasteiger partial charge < -0.3 is 0 Å². The number of benzene rings is 2. The first-order valence-corrected chi connectivity index (χ1v) is 13.6. The molecule has 8 heteroatoms. The Balaban J connectivity index is 1.66. The highest BCUT2D eigenvalue weighted by Crippen LogP contribution is 2.44. The Labute approximate surface area is 191 Å². The lowest BCUT2D eigenvalue weighted by Crippen LogP contribution is -2.49. The monoisotopic (exact) mass is 474 g/mol. The first-order valence-electron chi connectivity index (χ1n) is 10.8. The van der Waals surface area contributed by atoms with Crippen LogP contribution >= 0.6 is 0 Å². The third-order valence-corrected chi connectivity index (χ3v) is 10.7. The molecule has 0 spiro atoms. The summed E-state index contributed by atoms with van der Waals surface area (Å²) in [6, 6.07) is 13.7. The summed E-state index contributed by atoms with van der Waals surface area (Å²) in [5, 5.41) is 0. The van der Waals surface area contributed by atoms with Crippen molar-refractivity contribution in [2.75, 3.05) is 19.6 Å². The van der Waals surface area contributed by atoms with Crippen molar-refractivity contribution < 1.29 is 16.8 Å². The van der Waals surface area contributed by atoms with Crippen molar-refractivity contribution >= 4 is 20.0 Å². The van der Waals surface area contributed by atoms with Gasteiger partial charge in [0.1, 0.15) is 0 Å². The maximum Gasteiger partial charge on any atom is 0.243 e. The Morgan fingerprint density at radius 3 is 1.81 bits per heavy atom. The first-order chi connectivity index (χ1) is 14.9. The summed E-state index contributed by atoms with van der Waals surface area (Å²) in [6.07, 6.45) is 3.84. The second-order valence-electron chi connectivity index (χ2n) is 9.34. The second-order valence-corrected chi connectivity index (χ2v) is 13.1. The molecule has 0 aliphatic carbocycles. The Morgan fingerprint density at radius 2 is 1.28 bits per heavy atom. The van der Waals surface area contributed by atoms with E-state index in [0.717, 1.165) is 11.1 Å². The van der Waals surface area contributed by atoms with Crippen LogP contribution in [0.1, 0.15) is 25.0 Å². The van der Waals surface area contributed by atoms with Crippen molar-refractivity contribution in [3.8, 4) is 0 Å². The molecule has 32 heavy (non-hydrogen) atoms. The van der Waals surface area contributed by atoms with Crippen LogP contribution in [0.3, 0.4) is 0 Å². The Morgan fingerprint density at radius 1 is 0.781 bits per heavy atom. The minimum Gasteiger partial charge on any atom is -0.207 e. The molecular weight excluding hydrogens is 444 g/mol. The summed E-state index contributed by atoms with van der Waals surface area (Å²) in [7, 11) is -7.40. The van der Waals surface area contributed by atoms with Gasteiger partial charge in [-0.25, -0.2) is 16.8 Å². The standard InChI is InChI=1S/C24H30N2O4S2/c1-18-7-11-21(12-8-18)31(27,28)25-15-5-6-20-16-26(24(3,4)23(20)17-25)32(29,30)22-13-9-19(2)10-14-22/h5-14,20,23H,15-17H2,1-4H3. The Kier molecular flexibility index (Phi) is 5.86. The van der Waals surface area contributed by atoms with Gasteiger partial charge in [0.05, 0.1) is 9.79 Å². The van der Waals surface area contributed by atoms with E-state index in [1.165, 1.54) is 4.31 Å². The maximum atomic E-state index is 13.5. The van der Waals surface area contributed by atoms with E-state index in [2.05, 4.69) is 0 Å². The van der Waals surface area contributed by atoms with Gasteiger partial charge in [0.15, 0.2) is 0 Å². The van der Waals surface area contributed by atoms with Crippen molar-refractivity contribution in [1.82, 2.24) is 8.61 Å². The predicted molar refractivity (Wildman–Crippen MR) is 125 cm³/mol. The highest BCUT2D eigenvalue weighted by molar-refractivity contribution is 7.89. The van der Waals surface area contributed by atoms with Crippen LogP contribution in [0.5, 0.6) is 0 Å². The molecule has 1 saturated heterocycles. The molecule has 2 aliphatic rings. The average molecular weight is 475 g/mol. The molecule has 2 atom stereocenters. The second kappa shape index (κ2) is 8.09. The van der Waals surface area contributed by atoms with Crippen molar-refractivity contribution in [1.29, 1.82) is 0 Å². The van der Waals surface area contributed by atoms with Gasteiger partial charge in [-0.15, -0.1) is 0 Å². The minimum absolute atomic E-state index is 0.0524. The number of hydrogen-bond donors (Lipinski definition) is 0. The van der Waals surface area contributed by atoms with E-state index in [9.17, 15) is 16.8 Å². The highest BCUT2D eigenvalue weighted by Gasteiger charge is 2.53. The van der Waals surface area contributed by atoms with Gasteiger partial charge in [0, 0.05) is 25.2 Å². The van der Waals surface area contributed by atoms with Gasteiger partial charge >= 0.3 is 0 Å². The van der Waals surface area contributed by atoms with Crippen LogP contribution in [0.2, 0.25) is 0 Å². The molecule has 1 fully saturated rings. The van der Waals surface area contributed by atoms with Crippen LogP contribution in [0.4, 0.5) is 0 Å². The zero-order valence-corrected chi connectivity index (χ0v) is 20.5. The van der Waals surface area contributed by atoms with Crippen molar-refractivity contribution in [3.05, 3.63) is 71.8 Å². The molecule has 2 unspecified atom stereocenters. The number of sulfonamides is 2. The normalized spacial score (nSPS) is 24.2. The van der Waals surface area contributed by atoms with E-state index < -0.39 is 25.6 Å². The maximum absolute atomic E-state index is 13.5. The van der Waals surface area contributed by atoms with Gasteiger partial charge in [-0.05, 0) is 63.8 Å². The van der Waals surface area contributed by atoms with E-state index in [-0.39, 0.29) is 34.7 Å². The molecule has 0 bridgehead atoms. The summed E-state index contributed by atoms with van der Waals surface area (Å²) in [5.41, 5.74) is 1.24. The minimum atomic E-state index is -3.71. The van der Waals surface area contributed by atoms with Gasteiger partial charge in [0.2, 0.25) is 20.0 Å². The zero-order chi connectivity index (χ0) is 23.3. The molecule has 2 aromatic rings. The molecule has 2 aromatic carbocycles. The molecule has 6 nitrogen and oxygen atoms in total. The Hall–Kier alpha value is -2.00. The fourth-order valence-electron chi connectivity index (χ4n) is 4.76. The highest BCUT2D eigenvalue weighted by atomic mass is 32.2. The number of fused-ring (bicyclic) bond motifs is 1. The van der Waals surface area contributed by atoms with E-state index in [1.54, 1.807) is 52.8 Å². The lowest BCUT2D eigenvalue weighted by atomic mass is 9.83. The summed E-state index contributed by atoms with van der Waals surface area (Å²) >= 11 is 0. The van der Waals surface area contributed by atoms with Gasteiger partial charge in [-0.1, -0.05) is 47.5 Å². The van der Waals surface area contributed by atoms with E-state index >= 15 is 0 Å². The van der Waals surface area contributed by atoms with Crippen molar-refractivity contribution in [2.45, 2.75) is 43.0 Å². The number of hydrogen-bond acceptors (Lipinski definition) is 4. The van der Waals surface area contributed by atoms with E-state index in [1.807, 2.05) is 39.8 Å². The first kappa shape index (κ1) is 23.2. The lowest BCUT2D eigenvalue weighted by Gasteiger charge is -2.37. The predicted octanol–water partition coefficient (Wildman–Crippen LogP) is 3.58. The smallest absolute Gasteiger partial charge is 0.207 e. The molecule has 0 radical (unpaired) electrons. The topological polar surface area (TPSA) is 74.8 Å². The average Bonchev–Trinajstić information content (AvgIpc) is 2.87. The molecule has 4 rings (SSSR count). The molecule has 0 amide bonds. The fraction of sp³-hybridized carbons (Fsp3) is 0.417. The molecular formula is C24H30N2O4S2. The molecule has 2 heterocycles. The van der Waals surface area contributed by atoms with Crippen LogP contribution in [-0.4, -0.2) is 50.6 Å². The summed E-state index contributed by atoms with van der Waals surface area (Å²) < 4.78 is 56.7. The largest absolute Gasteiger partial charge is 0.243 e. The van der Waals surface area contributed by atoms with Gasteiger partial charge in [-0.3, -0.25) is 0 Å². The van der Waals surface area contributed by atoms with Crippen LogP contribution in [-0.2, 0) is 20.0 Å². The van der Waals surface area contributed by atoms with Crippen LogP contribution < -0.4 is 0 Å². The third-order valence-electron chi connectivity index (χ3n) is 6.80. The number of aryl methyl sites for hydroxylation is 2. The fourth-order valence-corrected chi connectivity index (χ4v) is 8.04. The molecule has 172 valence electrons. The number of rotatable bonds is 4. The summed E-state index contributed by atoms with van der Waals surface area (Å²) in [5.74, 6) is -0.217. The van der Waals surface area contributed by atoms with Crippen molar-refractivity contribution in [2.24, 2.45) is 11.8 Å². The van der Waals surface area contributed by atoms with Crippen LogP contribution in [0.25, 0.3) is 0 Å². The summed E-state index contributed by atoms with van der Waals surface area (Å²) in [6.45, 7) is 8.52. The number of nitrogens with zero attached hydrogens (tertiary/aromatic N) is 2. The quantitative estimate of drug-likeness (QED) is 0.635. The zero-order valence-electron chi connectivity index (χ0n) is 18.9. The third kappa shape index (κ3) is 3.94. The molecule has 0 N–H and O–H groups in total. The van der Waals surface area contributed by atoms with E-state index in [4.69, 9.17) is 0 Å². The van der Waals surface area contributed by atoms with Gasteiger partial charge in [-0.2, -0.15) is 8.61 Å². The van der Waals surface area contributed by atoms with Gasteiger partial charge in [0.25, 0.3) is 0 Å². The van der Waals surface area contributed by atoms with Crippen LogP contribution in [0.15, 0.2) is 70.5 Å². The molecule has 0 aromatic heterocycles. The molecule has 2 aliphatic heterocycles. The van der Waals surface area contributed by atoms with Crippen molar-refractivity contribution in [3.63, 3.8) is 0 Å².